The van der Waals surface area contributed by atoms with Gasteiger partial charge in [-0.25, -0.2) is 9.59 Å². The van der Waals surface area contributed by atoms with Crippen molar-refractivity contribution in [1.82, 2.24) is 0 Å². The molecule has 2 rings (SSSR count). The van der Waals surface area contributed by atoms with E-state index in [0.717, 1.165) is 0 Å². The van der Waals surface area contributed by atoms with Crippen LogP contribution in [0.1, 0.15) is 34.6 Å². The molecule has 1 amide bonds. The van der Waals surface area contributed by atoms with Crippen LogP contribution in [0.2, 0.25) is 5.02 Å². The largest absolute Gasteiger partial charge is 0.459 e. The number of nitrogens with one attached hydrogen (secondary N) is 1. The molecule has 0 fully saturated rings. The van der Waals surface area contributed by atoms with Gasteiger partial charge in [0.05, 0.1) is 17.2 Å². The lowest BCUT2D eigenvalue weighted by molar-refractivity contribution is -0.119. The monoisotopic (exact) mass is 375 g/mol. The molecule has 2 aromatic rings. The van der Waals surface area contributed by atoms with Gasteiger partial charge in [0.1, 0.15) is 0 Å². The van der Waals surface area contributed by atoms with Gasteiger partial charge in [-0.1, -0.05) is 17.7 Å². The van der Waals surface area contributed by atoms with Crippen LogP contribution in [0, 0.1) is 0 Å². The number of ether oxygens (including phenoxy) is 2. The number of hydrogen-bond acceptors (Lipinski definition) is 5. The molecule has 0 aliphatic carbocycles. The zero-order valence-corrected chi connectivity index (χ0v) is 15.1. The maximum Gasteiger partial charge on any atom is 0.338 e. The summed E-state index contributed by atoms with van der Waals surface area (Å²) in [6, 6.07) is 12.5. The predicted molar refractivity (Wildman–Crippen MR) is 97.4 cm³/mol. The number of benzene rings is 2. The molecule has 136 valence electrons. The second-order valence-corrected chi connectivity index (χ2v) is 6.10. The SMILES string of the molecule is CC(C)OC(=O)c1ccc(NC(=O)COC(=O)c2cccc(Cl)c2)cc1. The number of rotatable bonds is 6. The quantitative estimate of drug-likeness (QED) is 0.778. The summed E-state index contributed by atoms with van der Waals surface area (Å²) in [7, 11) is 0. The lowest BCUT2D eigenvalue weighted by atomic mass is 10.2. The molecule has 0 saturated carbocycles. The van der Waals surface area contributed by atoms with Gasteiger partial charge >= 0.3 is 11.9 Å². The molecule has 0 bridgehead atoms. The second-order valence-electron chi connectivity index (χ2n) is 5.67. The van der Waals surface area contributed by atoms with Crippen molar-refractivity contribution in [3.05, 3.63) is 64.7 Å². The van der Waals surface area contributed by atoms with Crippen LogP contribution in [0.15, 0.2) is 48.5 Å². The fourth-order valence-electron chi connectivity index (χ4n) is 2.00. The van der Waals surface area contributed by atoms with Gasteiger partial charge < -0.3 is 14.8 Å². The van der Waals surface area contributed by atoms with E-state index in [2.05, 4.69) is 5.32 Å². The molecule has 0 spiro atoms. The van der Waals surface area contributed by atoms with Gasteiger partial charge in [0.25, 0.3) is 5.91 Å². The fraction of sp³-hybridized carbons (Fsp3) is 0.211. The minimum atomic E-state index is -0.644. The Balaban J connectivity index is 1.86. The highest BCUT2D eigenvalue weighted by Gasteiger charge is 2.12. The van der Waals surface area contributed by atoms with Crippen LogP contribution in [-0.4, -0.2) is 30.6 Å². The van der Waals surface area contributed by atoms with Crippen LogP contribution in [-0.2, 0) is 14.3 Å². The van der Waals surface area contributed by atoms with Crippen LogP contribution < -0.4 is 5.32 Å². The summed E-state index contributed by atoms with van der Waals surface area (Å²) >= 11 is 5.80. The van der Waals surface area contributed by atoms with E-state index in [1.165, 1.54) is 18.2 Å². The number of hydrogen-bond donors (Lipinski definition) is 1. The lowest BCUT2D eigenvalue weighted by Gasteiger charge is -2.09. The van der Waals surface area contributed by atoms with Crippen molar-refractivity contribution in [3.63, 3.8) is 0 Å². The van der Waals surface area contributed by atoms with E-state index in [-0.39, 0.29) is 11.7 Å². The molecule has 0 unspecified atom stereocenters. The highest BCUT2D eigenvalue weighted by Crippen LogP contribution is 2.13. The van der Waals surface area contributed by atoms with Crippen LogP contribution in [0.5, 0.6) is 0 Å². The van der Waals surface area contributed by atoms with E-state index in [4.69, 9.17) is 21.1 Å². The third-order valence-corrected chi connectivity index (χ3v) is 3.38. The number of anilines is 1. The molecular formula is C19H18ClNO5. The summed E-state index contributed by atoms with van der Waals surface area (Å²) in [5.41, 5.74) is 1.11. The average Bonchev–Trinajstić information content (AvgIpc) is 2.59. The normalized spacial score (nSPS) is 10.3. The third-order valence-electron chi connectivity index (χ3n) is 3.14. The van der Waals surface area contributed by atoms with Crippen LogP contribution in [0.25, 0.3) is 0 Å². The van der Waals surface area contributed by atoms with Crippen molar-refractivity contribution in [2.75, 3.05) is 11.9 Å². The highest BCUT2D eigenvalue weighted by molar-refractivity contribution is 6.30. The van der Waals surface area contributed by atoms with Crippen molar-refractivity contribution >= 4 is 35.1 Å². The highest BCUT2D eigenvalue weighted by atomic mass is 35.5. The number of amides is 1. The Kier molecular flexibility index (Phi) is 6.74. The average molecular weight is 376 g/mol. The zero-order chi connectivity index (χ0) is 19.1. The van der Waals surface area contributed by atoms with Gasteiger partial charge in [0.2, 0.25) is 0 Å². The summed E-state index contributed by atoms with van der Waals surface area (Å²) in [6.45, 7) is 3.08. The van der Waals surface area contributed by atoms with Gasteiger partial charge in [-0.15, -0.1) is 0 Å². The van der Waals surface area contributed by atoms with Crippen molar-refractivity contribution in [2.45, 2.75) is 20.0 Å². The topological polar surface area (TPSA) is 81.7 Å². The molecule has 0 saturated heterocycles. The van der Waals surface area contributed by atoms with Crippen LogP contribution in [0.4, 0.5) is 5.69 Å². The maximum absolute atomic E-state index is 11.9. The molecule has 7 heteroatoms. The van der Waals surface area contributed by atoms with Gasteiger partial charge in [-0.3, -0.25) is 4.79 Å². The van der Waals surface area contributed by atoms with E-state index in [9.17, 15) is 14.4 Å². The molecule has 0 aliphatic rings. The minimum absolute atomic E-state index is 0.212. The first-order valence-corrected chi connectivity index (χ1v) is 8.26. The molecule has 0 heterocycles. The van der Waals surface area contributed by atoms with E-state index in [1.807, 2.05) is 0 Å². The second kappa shape index (κ2) is 9.01. The lowest BCUT2D eigenvalue weighted by Crippen LogP contribution is -2.21. The Labute approximate surface area is 156 Å². The Morgan fingerprint density at radius 2 is 1.69 bits per heavy atom. The summed E-state index contributed by atoms with van der Waals surface area (Å²) in [5.74, 6) is -1.58. The molecule has 6 nitrogen and oxygen atoms in total. The number of halogens is 1. The molecule has 0 atom stereocenters. The summed E-state index contributed by atoms with van der Waals surface area (Å²) in [6.07, 6.45) is -0.212. The molecule has 1 N–H and O–H groups in total. The van der Waals surface area contributed by atoms with Crippen molar-refractivity contribution in [2.24, 2.45) is 0 Å². The van der Waals surface area contributed by atoms with Crippen LogP contribution in [0.3, 0.4) is 0 Å². The van der Waals surface area contributed by atoms with Crippen molar-refractivity contribution in [1.29, 1.82) is 0 Å². The first kappa shape index (κ1) is 19.5. The van der Waals surface area contributed by atoms with E-state index >= 15 is 0 Å². The summed E-state index contributed by atoms with van der Waals surface area (Å²) < 4.78 is 10.0. The van der Waals surface area contributed by atoms with Gasteiger partial charge in [0, 0.05) is 10.7 Å². The molecular weight excluding hydrogens is 358 g/mol. The minimum Gasteiger partial charge on any atom is -0.459 e. The number of carbonyl (C=O) groups is 3. The van der Waals surface area contributed by atoms with Crippen molar-refractivity contribution in [3.8, 4) is 0 Å². The van der Waals surface area contributed by atoms with Crippen LogP contribution >= 0.6 is 11.6 Å². The first-order valence-electron chi connectivity index (χ1n) is 7.88. The maximum atomic E-state index is 11.9. The van der Waals surface area contributed by atoms with E-state index in [1.54, 1.807) is 44.2 Å². The molecule has 2 aromatic carbocycles. The van der Waals surface area contributed by atoms with Gasteiger partial charge in [-0.2, -0.15) is 0 Å². The number of carbonyl (C=O) groups excluding carboxylic acids is 3. The van der Waals surface area contributed by atoms with E-state index < -0.39 is 24.5 Å². The predicted octanol–water partition coefficient (Wildman–Crippen LogP) is 3.70. The van der Waals surface area contributed by atoms with Gasteiger partial charge in [-0.05, 0) is 56.3 Å². The smallest absolute Gasteiger partial charge is 0.338 e. The van der Waals surface area contributed by atoms with Gasteiger partial charge in [0.15, 0.2) is 6.61 Å². The molecule has 0 aromatic heterocycles. The standard InChI is InChI=1S/C19H18ClNO5/c1-12(2)26-19(24)13-6-8-16(9-7-13)21-17(22)11-25-18(23)14-4-3-5-15(20)10-14/h3-10,12H,11H2,1-2H3,(H,21,22). The molecule has 0 aliphatic heterocycles. The van der Waals surface area contributed by atoms with Crippen molar-refractivity contribution < 1.29 is 23.9 Å². The summed E-state index contributed by atoms with van der Waals surface area (Å²) in [4.78, 5) is 35.5. The van der Waals surface area contributed by atoms with E-state index in [0.29, 0.717) is 16.3 Å². The molecule has 0 radical (unpaired) electrons. The molecule has 26 heavy (non-hydrogen) atoms. The first-order chi connectivity index (χ1) is 12.3. The fourth-order valence-corrected chi connectivity index (χ4v) is 2.19. The Hall–Kier alpha value is -2.86. The zero-order valence-electron chi connectivity index (χ0n) is 14.3. The third kappa shape index (κ3) is 5.89. The summed E-state index contributed by atoms with van der Waals surface area (Å²) in [5, 5.41) is 2.98. The Bertz CT molecular complexity index is 802. The Morgan fingerprint density at radius 1 is 1.00 bits per heavy atom. The Morgan fingerprint density at radius 3 is 2.31 bits per heavy atom. The number of esters is 2.